The lowest BCUT2D eigenvalue weighted by atomic mass is 10.0. The summed E-state index contributed by atoms with van der Waals surface area (Å²) >= 11 is 6.26. The number of imidazole rings is 1. The van der Waals surface area contributed by atoms with E-state index in [9.17, 15) is 4.79 Å². The second-order valence-electron chi connectivity index (χ2n) is 4.66. The van der Waals surface area contributed by atoms with Crippen molar-refractivity contribution in [3.63, 3.8) is 0 Å². The lowest BCUT2D eigenvalue weighted by Crippen LogP contribution is -2.19. The van der Waals surface area contributed by atoms with Crippen molar-refractivity contribution in [2.45, 2.75) is 25.8 Å². The first-order chi connectivity index (χ1) is 8.47. The van der Waals surface area contributed by atoms with E-state index < -0.39 is 0 Å². The molecule has 0 saturated heterocycles. The largest absolute Gasteiger partial charge is 0.328 e. The highest BCUT2D eigenvalue weighted by atomic mass is 35.5. The van der Waals surface area contributed by atoms with E-state index in [1.807, 2.05) is 12.1 Å². The van der Waals surface area contributed by atoms with E-state index in [2.05, 4.69) is 6.92 Å². The Morgan fingerprint density at radius 3 is 2.39 bits per heavy atom. The summed E-state index contributed by atoms with van der Waals surface area (Å²) in [7, 11) is 3.50. The second-order valence-corrected chi connectivity index (χ2v) is 5.07. The number of fused-ring (bicyclic) bond motifs is 1. The maximum absolute atomic E-state index is 11.9. The summed E-state index contributed by atoms with van der Waals surface area (Å²) in [5, 5.41) is 0.629. The zero-order valence-electron chi connectivity index (χ0n) is 10.9. The number of hydrogen-bond donors (Lipinski definition) is 1. The first-order valence-corrected chi connectivity index (χ1v) is 6.45. The van der Waals surface area contributed by atoms with Crippen LogP contribution < -0.4 is 11.4 Å². The Balaban J connectivity index is 2.68. The number of benzene rings is 1. The number of aromatic nitrogens is 2. The zero-order chi connectivity index (χ0) is 13.4. The normalized spacial score (nSPS) is 13.2. The van der Waals surface area contributed by atoms with E-state index in [0.29, 0.717) is 5.02 Å². The van der Waals surface area contributed by atoms with Gasteiger partial charge >= 0.3 is 5.69 Å². The number of rotatable bonds is 3. The number of nitrogens with two attached hydrogens (primary N) is 1. The molecule has 0 aliphatic heterocycles. The van der Waals surface area contributed by atoms with Crippen LogP contribution in [0.3, 0.4) is 0 Å². The smallest absolute Gasteiger partial charge is 0.324 e. The van der Waals surface area contributed by atoms with Crippen LogP contribution in [0.5, 0.6) is 0 Å². The highest BCUT2D eigenvalue weighted by Gasteiger charge is 2.15. The van der Waals surface area contributed by atoms with Crippen molar-refractivity contribution in [1.29, 1.82) is 0 Å². The van der Waals surface area contributed by atoms with Gasteiger partial charge in [0.15, 0.2) is 0 Å². The summed E-state index contributed by atoms with van der Waals surface area (Å²) in [6.07, 6.45) is 1.88. The van der Waals surface area contributed by atoms with Gasteiger partial charge in [-0.15, -0.1) is 0 Å². The fourth-order valence-corrected chi connectivity index (χ4v) is 2.58. The number of aryl methyl sites for hydroxylation is 2. The number of nitrogens with zero attached hydrogens (tertiary/aromatic N) is 2. The van der Waals surface area contributed by atoms with Gasteiger partial charge in [0.2, 0.25) is 0 Å². The van der Waals surface area contributed by atoms with Crippen LogP contribution in [-0.2, 0) is 14.1 Å². The minimum atomic E-state index is -0.0813. The number of hydrogen-bond acceptors (Lipinski definition) is 2. The summed E-state index contributed by atoms with van der Waals surface area (Å²) in [5.74, 6) is 0. The van der Waals surface area contributed by atoms with Gasteiger partial charge in [-0.05, 0) is 24.1 Å². The minimum Gasteiger partial charge on any atom is -0.324 e. The van der Waals surface area contributed by atoms with Gasteiger partial charge < -0.3 is 5.73 Å². The molecule has 5 heteroatoms. The molecule has 1 heterocycles. The van der Waals surface area contributed by atoms with Crippen molar-refractivity contribution < 1.29 is 0 Å². The molecule has 1 aromatic heterocycles. The van der Waals surface area contributed by atoms with Crippen LogP contribution in [-0.4, -0.2) is 9.13 Å². The Kier molecular flexibility index (Phi) is 3.50. The van der Waals surface area contributed by atoms with Gasteiger partial charge in [-0.1, -0.05) is 24.9 Å². The van der Waals surface area contributed by atoms with Crippen molar-refractivity contribution in [2.75, 3.05) is 0 Å². The van der Waals surface area contributed by atoms with Crippen molar-refractivity contribution >= 4 is 22.6 Å². The molecule has 2 N–H and O–H groups in total. The van der Waals surface area contributed by atoms with Gasteiger partial charge in [0.1, 0.15) is 0 Å². The van der Waals surface area contributed by atoms with Crippen molar-refractivity contribution in [3.05, 3.63) is 33.2 Å². The molecule has 0 amide bonds. The summed E-state index contributed by atoms with van der Waals surface area (Å²) in [5.41, 5.74) is 8.67. The standard InChI is InChI=1S/C13H18ClN3O/c1-4-5-10(15)8-6-11-12(7-9(8)14)17(3)13(18)16(11)2/h6-7,10H,4-5,15H2,1-3H3. The Labute approximate surface area is 111 Å². The average Bonchev–Trinajstić information content (AvgIpc) is 2.54. The highest BCUT2D eigenvalue weighted by Crippen LogP contribution is 2.28. The molecule has 0 fully saturated rings. The Morgan fingerprint density at radius 1 is 1.28 bits per heavy atom. The fourth-order valence-electron chi connectivity index (χ4n) is 2.29. The monoisotopic (exact) mass is 267 g/mol. The average molecular weight is 268 g/mol. The van der Waals surface area contributed by atoms with Crippen LogP contribution in [0.4, 0.5) is 0 Å². The third-order valence-electron chi connectivity index (χ3n) is 3.39. The quantitative estimate of drug-likeness (QED) is 0.928. The Bertz CT molecular complexity index is 642. The van der Waals surface area contributed by atoms with Crippen LogP contribution in [0.2, 0.25) is 5.02 Å². The van der Waals surface area contributed by atoms with Crippen LogP contribution in [0.25, 0.3) is 11.0 Å². The SMILES string of the molecule is CCCC(N)c1cc2c(cc1Cl)n(C)c(=O)n2C. The molecular formula is C13H18ClN3O. The van der Waals surface area contributed by atoms with E-state index in [0.717, 1.165) is 29.4 Å². The van der Waals surface area contributed by atoms with Gasteiger partial charge in [-0.25, -0.2) is 4.79 Å². The molecule has 2 aromatic rings. The molecule has 18 heavy (non-hydrogen) atoms. The summed E-state index contributed by atoms with van der Waals surface area (Å²) < 4.78 is 3.21. The third kappa shape index (κ3) is 1.95. The second kappa shape index (κ2) is 4.78. The maximum atomic E-state index is 11.9. The van der Waals surface area contributed by atoms with Crippen molar-refractivity contribution in [1.82, 2.24) is 9.13 Å². The summed E-state index contributed by atoms with van der Waals surface area (Å²) in [6.45, 7) is 2.09. The molecule has 98 valence electrons. The first-order valence-electron chi connectivity index (χ1n) is 6.07. The zero-order valence-corrected chi connectivity index (χ0v) is 11.7. The molecule has 2 rings (SSSR count). The summed E-state index contributed by atoms with van der Waals surface area (Å²) in [4.78, 5) is 11.9. The van der Waals surface area contributed by atoms with Crippen LogP contribution >= 0.6 is 11.6 Å². The fraction of sp³-hybridized carbons (Fsp3) is 0.462. The van der Waals surface area contributed by atoms with Gasteiger partial charge in [-0.2, -0.15) is 0 Å². The van der Waals surface area contributed by atoms with E-state index in [1.165, 1.54) is 0 Å². The Hall–Kier alpha value is -1.26. The molecule has 1 unspecified atom stereocenters. The molecular weight excluding hydrogens is 250 g/mol. The predicted octanol–water partition coefficient (Wildman–Crippen LogP) is 2.33. The van der Waals surface area contributed by atoms with Gasteiger partial charge in [0.25, 0.3) is 0 Å². The Morgan fingerprint density at radius 2 is 1.83 bits per heavy atom. The maximum Gasteiger partial charge on any atom is 0.328 e. The highest BCUT2D eigenvalue weighted by molar-refractivity contribution is 6.32. The molecule has 1 atom stereocenters. The molecule has 0 bridgehead atoms. The molecule has 1 aromatic carbocycles. The summed E-state index contributed by atoms with van der Waals surface area (Å²) in [6, 6.07) is 3.67. The van der Waals surface area contributed by atoms with Crippen LogP contribution in [0.15, 0.2) is 16.9 Å². The lowest BCUT2D eigenvalue weighted by Gasteiger charge is -2.13. The van der Waals surface area contributed by atoms with E-state index in [1.54, 1.807) is 23.2 Å². The van der Waals surface area contributed by atoms with Crippen molar-refractivity contribution in [2.24, 2.45) is 19.8 Å². The number of halogens is 1. The first kappa shape index (κ1) is 13.2. The van der Waals surface area contributed by atoms with Gasteiger partial charge in [0.05, 0.1) is 11.0 Å². The van der Waals surface area contributed by atoms with Gasteiger partial charge in [-0.3, -0.25) is 9.13 Å². The van der Waals surface area contributed by atoms with Gasteiger partial charge in [0, 0.05) is 25.2 Å². The third-order valence-corrected chi connectivity index (χ3v) is 3.72. The van der Waals surface area contributed by atoms with E-state index in [4.69, 9.17) is 17.3 Å². The van der Waals surface area contributed by atoms with Crippen LogP contribution in [0, 0.1) is 0 Å². The predicted molar refractivity (Wildman–Crippen MR) is 75.0 cm³/mol. The molecule has 0 spiro atoms. The van der Waals surface area contributed by atoms with E-state index in [-0.39, 0.29) is 11.7 Å². The molecule has 0 aliphatic carbocycles. The molecule has 0 radical (unpaired) electrons. The van der Waals surface area contributed by atoms with Crippen LogP contribution in [0.1, 0.15) is 31.4 Å². The molecule has 0 saturated carbocycles. The molecule has 0 aliphatic rings. The van der Waals surface area contributed by atoms with Crippen molar-refractivity contribution in [3.8, 4) is 0 Å². The lowest BCUT2D eigenvalue weighted by molar-refractivity contribution is 0.639. The topological polar surface area (TPSA) is 52.9 Å². The van der Waals surface area contributed by atoms with E-state index >= 15 is 0 Å². The minimum absolute atomic E-state index is 0.0534. The molecule has 4 nitrogen and oxygen atoms in total.